The van der Waals surface area contributed by atoms with Crippen molar-refractivity contribution < 1.29 is 4.79 Å². The minimum Gasteiger partial charge on any atom is -0.356 e. The van der Waals surface area contributed by atoms with Gasteiger partial charge in [-0.1, -0.05) is 13.8 Å². The Morgan fingerprint density at radius 1 is 1.60 bits per heavy atom. The zero-order valence-corrected chi connectivity index (χ0v) is 9.66. The van der Waals surface area contributed by atoms with E-state index in [2.05, 4.69) is 24.3 Å². The Morgan fingerprint density at radius 2 is 2.33 bits per heavy atom. The van der Waals surface area contributed by atoms with E-state index in [4.69, 9.17) is 0 Å². The monoisotopic (exact) mass is 209 g/mol. The maximum absolute atomic E-state index is 11.4. The zero-order valence-electron chi connectivity index (χ0n) is 9.66. The maximum Gasteiger partial charge on any atom is 0.221 e. The molecule has 0 unspecified atom stereocenters. The first kappa shape index (κ1) is 11.8. The highest BCUT2D eigenvalue weighted by atomic mass is 16.1. The molecule has 1 heterocycles. The highest BCUT2D eigenvalue weighted by Gasteiger charge is 2.02. The van der Waals surface area contributed by atoms with Gasteiger partial charge in [0, 0.05) is 25.7 Å². The fourth-order valence-electron chi connectivity index (χ4n) is 1.21. The van der Waals surface area contributed by atoms with Crippen LogP contribution in [0.3, 0.4) is 0 Å². The van der Waals surface area contributed by atoms with Crippen LogP contribution in [0.15, 0.2) is 12.3 Å². The third-order valence-corrected chi connectivity index (χ3v) is 2.05. The van der Waals surface area contributed by atoms with Gasteiger partial charge in [0.15, 0.2) is 0 Å². The Hall–Kier alpha value is -1.32. The van der Waals surface area contributed by atoms with Gasteiger partial charge in [-0.25, -0.2) is 0 Å². The number of amides is 1. The summed E-state index contributed by atoms with van der Waals surface area (Å²) in [5.41, 5.74) is 0.984. The number of nitrogens with zero attached hydrogens (tertiary/aromatic N) is 2. The summed E-state index contributed by atoms with van der Waals surface area (Å²) >= 11 is 0. The third kappa shape index (κ3) is 4.63. The molecule has 1 N–H and O–H groups in total. The van der Waals surface area contributed by atoms with Crippen LogP contribution < -0.4 is 5.32 Å². The minimum absolute atomic E-state index is 0.0943. The standard InChI is InChI=1S/C11H19N3O/c1-9(2)8-12-11(15)5-7-14-6-4-10(3)13-14/h4,6,9H,5,7-8H2,1-3H3,(H,12,15). The van der Waals surface area contributed by atoms with Crippen LogP contribution in [-0.4, -0.2) is 22.2 Å². The van der Waals surface area contributed by atoms with E-state index < -0.39 is 0 Å². The predicted molar refractivity (Wildman–Crippen MR) is 59.4 cm³/mol. The molecular formula is C11H19N3O. The molecule has 0 aliphatic rings. The van der Waals surface area contributed by atoms with Gasteiger partial charge in [0.1, 0.15) is 0 Å². The molecule has 0 atom stereocenters. The molecule has 1 aromatic heterocycles. The Labute approximate surface area is 90.7 Å². The number of aryl methyl sites for hydroxylation is 2. The molecule has 4 heteroatoms. The molecule has 1 amide bonds. The molecular weight excluding hydrogens is 190 g/mol. The van der Waals surface area contributed by atoms with E-state index in [0.29, 0.717) is 18.9 Å². The SMILES string of the molecule is Cc1ccn(CCC(=O)NCC(C)C)n1. The van der Waals surface area contributed by atoms with Crippen LogP contribution in [0, 0.1) is 12.8 Å². The first-order valence-electron chi connectivity index (χ1n) is 5.34. The Morgan fingerprint density at radius 3 is 2.87 bits per heavy atom. The third-order valence-electron chi connectivity index (χ3n) is 2.05. The van der Waals surface area contributed by atoms with Crippen LogP contribution in [0.25, 0.3) is 0 Å². The summed E-state index contributed by atoms with van der Waals surface area (Å²) in [6, 6.07) is 1.94. The molecule has 15 heavy (non-hydrogen) atoms. The van der Waals surface area contributed by atoms with Crippen molar-refractivity contribution in [2.75, 3.05) is 6.54 Å². The number of aromatic nitrogens is 2. The molecule has 1 aromatic rings. The van der Waals surface area contributed by atoms with E-state index in [9.17, 15) is 4.79 Å². The van der Waals surface area contributed by atoms with Gasteiger partial charge < -0.3 is 5.32 Å². The van der Waals surface area contributed by atoms with Crippen molar-refractivity contribution in [1.29, 1.82) is 0 Å². The van der Waals surface area contributed by atoms with Crippen LogP contribution in [-0.2, 0) is 11.3 Å². The summed E-state index contributed by atoms with van der Waals surface area (Å²) < 4.78 is 1.80. The van der Waals surface area contributed by atoms with Gasteiger partial charge in [-0.3, -0.25) is 9.48 Å². The molecule has 0 aliphatic carbocycles. The lowest BCUT2D eigenvalue weighted by molar-refractivity contribution is -0.121. The number of hydrogen-bond acceptors (Lipinski definition) is 2. The largest absolute Gasteiger partial charge is 0.356 e. The Kier molecular flexibility index (Phi) is 4.34. The minimum atomic E-state index is 0.0943. The van der Waals surface area contributed by atoms with E-state index in [-0.39, 0.29) is 5.91 Å². The highest BCUT2D eigenvalue weighted by molar-refractivity contribution is 5.75. The Bertz CT molecular complexity index is 317. The first-order valence-corrected chi connectivity index (χ1v) is 5.34. The number of carbonyl (C=O) groups excluding carboxylic acids is 1. The lowest BCUT2D eigenvalue weighted by Crippen LogP contribution is -2.28. The quantitative estimate of drug-likeness (QED) is 0.795. The molecule has 4 nitrogen and oxygen atoms in total. The van der Waals surface area contributed by atoms with Crippen molar-refractivity contribution >= 4 is 5.91 Å². The van der Waals surface area contributed by atoms with Gasteiger partial charge in [-0.05, 0) is 18.9 Å². The fraction of sp³-hybridized carbons (Fsp3) is 0.636. The van der Waals surface area contributed by atoms with Crippen LogP contribution in [0.4, 0.5) is 0 Å². The summed E-state index contributed by atoms with van der Waals surface area (Å²) in [6.07, 6.45) is 2.39. The van der Waals surface area contributed by atoms with Gasteiger partial charge in [0.25, 0.3) is 0 Å². The van der Waals surface area contributed by atoms with Gasteiger partial charge in [-0.2, -0.15) is 5.10 Å². The van der Waals surface area contributed by atoms with Gasteiger partial charge in [-0.15, -0.1) is 0 Å². The second-order valence-corrected chi connectivity index (χ2v) is 4.17. The van der Waals surface area contributed by atoms with Crippen molar-refractivity contribution in [3.8, 4) is 0 Å². The van der Waals surface area contributed by atoms with E-state index in [1.807, 2.05) is 19.2 Å². The summed E-state index contributed by atoms with van der Waals surface area (Å²) in [6.45, 7) is 7.50. The normalized spacial score (nSPS) is 10.7. The van der Waals surface area contributed by atoms with Crippen molar-refractivity contribution in [2.24, 2.45) is 5.92 Å². The molecule has 84 valence electrons. The topological polar surface area (TPSA) is 46.9 Å². The van der Waals surface area contributed by atoms with Gasteiger partial charge in [0.2, 0.25) is 5.91 Å². The van der Waals surface area contributed by atoms with Gasteiger partial charge >= 0.3 is 0 Å². The summed E-state index contributed by atoms with van der Waals surface area (Å²) in [5, 5.41) is 7.09. The molecule has 0 bridgehead atoms. The lowest BCUT2D eigenvalue weighted by atomic mass is 10.2. The molecule has 0 aliphatic heterocycles. The number of hydrogen-bond donors (Lipinski definition) is 1. The van der Waals surface area contributed by atoms with Crippen LogP contribution in [0.5, 0.6) is 0 Å². The zero-order chi connectivity index (χ0) is 11.3. The average Bonchev–Trinajstić information content (AvgIpc) is 2.58. The van der Waals surface area contributed by atoms with Crippen LogP contribution in [0.2, 0.25) is 0 Å². The number of nitrogens with one attached hydrogen (secondary N) is 1. The molecule has 0 fully saturated rings. The van der Waals surface area contributed by atoms with Crippen molar-refractivity contribution in [3.63, 3.8) is 0 Å². The van der Waals surface area contributed by atoms with E-state index >= 15 is 0 Å². The number of carbonyl (C=O) groups is 1. The van der Waals surface area contributed by atoms with E-state index in [1.165, 1.54) is 0 Å². The summed E-state index contributed by atoms with van der Waals surface area (Å²) in [7, 11) is 0. The lowest BCUT2D eigenvalue weighted by Gasteiger charge is -2.07. The average molecular weight is 209 g/mol. The molecule has 0 aromatic carbocycles. The highest BCUT2D eigenvalue weighted by Crippen LogP contribution is 1.95. The van der Waals surface area contributed by atoms with Crippen molar-refractivity contribution in [1.82, 2.24) is 15.1 Å². The molecule has 0 saturated carbocycles. The Balaban J connectivity index is 2.22. The van der Waals surface area contributed by atoms with E-state index in [1.54, 1.807) is 4.68 Å². The molecule has 1 rings (SSSR count). The van der Waals surface area contributed by atoms with Crippen molar-refractivity contribution in [3.05, 3.63) is 18.0 Å². The second kappa shape index (κ2) is 5.53. The first-order chi connectivity index (χ1) is 7.08. The smallest absolute Gasteiger partial charge is 0.221 e. The molecule has 0 saturated heterocycles. The van der Waals surface area contributed by atoms with Crippen LogP contribution in [0.1, 0.15) is 26.0 Å². The summed E-state index contributed by atoms with van der Waals surface area (Å²) in [5.74, 6) is 0.595. The van der Waals surface area contributed by atoms with Crippen LogP contribution >= 0.6 is 0 Å². The predicted octanol–water partition coefficient (Wildman–Crippen LogP) is 1.35. The fourth-order valence-corrected chi connectivity index (χ4v) is 1.21. The van der Waals surface area contributed by atoms with E-state index in [0.717, 1.165) is 12.2 Å². The van der Waals surface area contributed by atoms with Crippen molar-refractivity contribution in [2.45, 2.75) is 33.7 Å². The maximum atomic E-state index is 11.4. The number of rotatable bonds is 5. The molecule has 0 radical (unpaired) electrons. The molecule has 0 spiro atoms. The van der Waals surface area contributed by atoms with Gasteiger partial charge in [0.05, 0.1) is 5.69 Å². The second-order valence-electron chi connectivity index (χ2n) is 4.17. The summed E-state index contributed by atoms with van der Waals surface area (Å²) in [4.78, 5) is 11.4.